The molecule has 0 bridgehead atoms. The minimum atomic E-state index is -3.62. The van der Waals surface area contributed by atoms with Gasteiger partial charge in [0.1, 0.15) is 0 Å². The lowest BCUT2D eigenvalue weighted by molar-refractivity contribution is -0.136. The molecule has 1 unspecified atom stereocenters. The maximum absolute atomic E-state index is 12.9. The molecule has 1 heterocycles. The minimum Gasteiger partial charge on any atom is -0.462 e. The maximum atomic E-state index is 12.9. The molecule has 0 radical (unpaired) electrons. The molecule has 0 spiro atoms. The predicted octanol–water partition coefficient (Wildman–Crippen LogP) is 3.86. The summed E-state index contributed by atoms with van der Waals surface area (Å²) in [7, 11) is -3.62. The van der Waals surface area contributed by atoms with Crippen LogP contribution in [0, 0.1) is 5.92 Å². The third-order valence-corrected chi connectivity index (χ3v) is 6.21. The van der Waals surface area contributed by atoms with E-state index in [2.05, 4.69) is 0 Å². The number of hydrogen-bond acceptors (Lipinski definition) is 4. The summed E-state index contributed by atoms with van der Waals surface area (Å²) in [6.07, 6.45) is 5.89. The highest BCUT2D eigenvalue weighted by atomic mass is 32.2. The summed E-state index contributed by atoms with van der Waals surface area (Å²) in [5, 5.41) is 0. The normalized spacial score (nSPS) is 17.4. The van der Waals surface area contributed by atoms with Crippen molar-refractivity contribution in [1.82, 2.24) is 4.31 Å². The number of carbonyl (C=O) groups excluding carboxylic acids is 1. The van der Waals surface area contributed by atoms with Crippen molar-refractivity contribution < 1.29 is 17.9 Å². The van der Waals surface area contributed by atoms with Crippen molar-refractivity contribution in [2.75, 3.05) is 13.2 Å². The molecule has 1 aliphatic heterocycles. The second kappa shape index (κ2) is 8.89. The summed E-state index contributed by atoms with van der Waals surface area (Å²) in [6, 6.07) is 17.6. The lowest BCUT2D eigenvalue weighted by atomic mass is 9.96. The van der Waals surface area contributed by atoms with E-state index in [0.29, 0.717) is 12.0 Å². The second-order valence-electron chi connectivity index (χ2n) is 6.44. The zero-order valence-corrected chi connectivity index (χ0v) is 16.5. The Morgan fingerprint density at radius 3 is 2.39 bits per heavy atom. The van der Waals surface area contributed by atoms with Crippen LogP contribution in [-0.4, -0.2) is 31.8 Å². The number of sulfonamides is 1. The first-order valence-corrected chi connectivity index (χ1v) is 10.6. The molecule has 28 heavy (non-hydrogen) atoms. The molecular formula is C22H23NO4S. The van der Waals surface area contributed by atoms with E-state index in [9.17, 15) is 13.2 Å². The average molecular weight is 397 g/mol. The van der Waals surface area contributed by atoms with Crippen LogP contribution in [0.1, 0.15) is 18.9 Å². The van der Waals surface area contributed by atoms with Gasteiger partial charge in [-0.15, -0.1) is 0 Å². The van der Waals surface area contributed by atoms with Crippen molar-refractivity contribution in [3.63, 3.8) is 0 Å². The third kappa shape index (κ3) is 4.51. The van der Waals surface area contributed by atoms with Crippen molar-refractivity contribution in [3.8, 4) is 0 Å². The highest BCUT2D eigenvalue weighted by Gasteiger charge is 2.27. The quantitative estimate of drug-likeness (QED) is 0.549. The first kappa shape index (κ1) is 19.9. The number of ether oxygens (including phenoxy) is 1. The molecule has 2 aromatic carbocycles. The zero-order chi connectivity index (χ0) is 20.0. The highest BCUT2D eigenvalue weighted by Crippen LogP contribution is 2.26. The van der Waals surface area contributed by atoms with Crippen LogP contribution in [0.2, 0.25) is 0 Å². The topological polar surface area (TPSA) is 63.7 Å². The Balaban J connectivity index is 1.88. The van der Waals surface area contributed by atoms with Gasteiger partial charge in [-0.25, -0.2) is 13.2 Å². The Labute approximate surface area is 166 Å². The van der Waals surface area contributed by atoms with Gasteiger partial charge < -0.3 is 4.74 Å². The number of benzene rings is 2. The van der Waals surface area contributed by atoms with Crippen LogP contribution in [0.4, 0.5) is 0 Å². The predicted molar refractivity (Wildman–Crippen MR) is 109 cm³/mol. The molecule has 0 aliphatic carbocycles. The fourth-order valence-corrected chi connectivity index (χ4v) is 4.50. The van der Waals surface area contributed by atoms with Crippen LogP contribution >= 0.6 is 0 Å². The number of hydrogen-bond donors (Lipinski definition) is 0. The fraction of sp³-hybridized carbons (Fsp3) is 0.227. The molecule has 5 nitrogen and oxygen atoms in total. The first-order valence-electron chi connectivity index (χ1n) is 9.20. The summed E-state index contributed by atoms with van der Waals surface area (Å²) in [6.45, 7) is 2.31. The molecule has 2 aromatic rings. The molecule has 1 atom stereocenters. The molecule has 0 amide bonds. The zero-order valence-electron chi connectivity index (χ0n) is 15.7. The molecule has 146 valence electrons. The molecule has 0 saturated carbocycles. The summed E-state index contributed by atoms with van der Waals surface area (Å²) in [5.74, 6) is -0.538. The van der Waals surface area contributed by atoms with Gasteiger partial charge in [0.2, 0.25) is 0 Å². The number of carbonyl (C=O) groups is 1. The molecule has 1 aliphatic rings. The Morgan fingerprint density at radius 2 is 1.75 bits per heavy atom. The van der Waals surface area contributed by atoms with Crippen molar-refractivity contribution in [1.29, 1.82) is 0 Å². The molecule has 0 aromatic heterocycles. The van der Waals surface area contributed by atoms with Gasteiger partial charge in [0, 0.05) is 18.7 Å². The standard InChI is InChI=1S/C22H23NO4S/c1-2-27-22(24)21(19-11-5-3-6-12-19)16-18-10-9-15-23(17-18)28(25,26)20-13-7-4-8-14-20/h3-9,11-16,18H,2,10,17H2,1H3/b21-16+. The van der Waals surface area contributed by atoms with E-state index in [-0.39, 0.29) is 24.0 Å². The Morgan fingerprint density at radius 1 is 1.11 bits per heavy atom. The summed E-state index contributed by atoms with van der Waals surface area (Å²) >= 11 is 0. The van der Waals surface area contributed by atoms with Crippen LogP contribution in [0.25, 0.3) is 5.57 Å². The molecule has 3 rings (SSSR count). The van der Waals surface area contributed by atoms with Gasteiger partial charge in [0.25, 0.3) is 10.0 Å². The van der Waals surface area contributed by atoms with Crippen LogP contribution in [0.3, 0.4) is 0 Å². The summed E-state index contributed by atoms with van der Waals surface area (Å²) in [4.78, 5) is 12.7. The monoisotopic (exact) mass is 397 g/mol. The van der Waals surface area contributed by atoms with Gasteiger partial charge in [0.15, 0.2) is 0 Å². The van der Waals surface area contributed by atoms with Crippen molar-refractivity contribution >= 4 is 21.6 Å². The van der Waals surface area contributed by atoms with Gasteiger partial charge in [-0.05, 0) is 31.0 Å². The van der Waals surface area contributed by atoms with Crippen molar-refractivity contribution in [2.24, 2.45) is 5.92 Å². The van der Waals surface area contributed by atoms with Gasteiger partial charge in [0.05, 0.1) is 17.1 Å². The lowest BCUT2D eigenvalue weighted by Crippen LogP contribution is -2.33. The van der Waals surface area contributed by atoms with Gasteiger partial charge >= 0.3 is 5.97 Å². The smallest absolute Gasteiger partial charge is 0.338 e. The van der Waals surface area contributed by atoms with Crippen molar-refractivity contribution in [2.45, 2.75) is 18.2 Å². The summed E-state index contributed by atoms with van der Waals surface area (Å²) in [5.41, 5.74) is 1.22. The van der Waals surface area contributed by atoms with Crippen LogP contribution in [0.5, 0.6) is 0 Å². The maximum Gasteiger partial charge on any atom is 0.338 e. The Bertz CT molecular complexity index is 966. The Kier molecular flexibility index (Phi) is 6.31. The molecule has 6 heteroatoms. The van der Waals surface area contributed by atoms with Crippen molar-refractivity contribution in [3.05, 3.63) is 84.6 Å². The van der Waals surface area contributed by atoms with Crippen LogP contribution in [-0.2, 0) is 19.6 Å². The fourth-order valence-electron chi connectivity index (χ4n) is 3.09. The highest BCUT2D eigenvalue weighted by molar-refractivity contribution is 7.89. The van der Waals surface area contributed by atoms with Gasteiger partial charge in [-0.2, -0.15) is 0 Å². The van der Waals surface area contributed by atoms with E-state index in [1.807, 2.05) is 42.5 Å². The lowest BCUT2D eigenvalue weighted by Gasteiger charge is -2.28. The van der Waals surface area contributed by atoms with Gasteiger partial charge in [-0.1, -0.05) is 60.7 Å². The van der Waals surface area contributed by atoms with E-state index >= 15 is 0 Å². The number of esters is 1. The molecule has 0 saturated heterocycles. The van der Waals surface area contributed by atoms with E-state index in [1.165, 1.54) is 4.31 Å². The average Bonchev–Trinajstić information content (AvgIpc) is 2.73. The molecular weight excluding hydrogens is 374 g/mol. The van der Waals surface area contributed by atoms with Crippen LogP contribution < -0.4 is 0 Å². The SMILES string of the molecule is CCOC(=O)/C(=C/C1CC=CN(S(=O)(=O)c2ccccc2)C1)c1ccccc1. The second-order valence-corrected chi connectivity index (χ2v) is 8.33. The number of allylic oxidation sites excluding steroid dienone is 1. The number of rotatable bonds is 6. The van der Waals surface area contributed by atoms with Gasteiger partial charge in [-0.3, -0.25) is 4.31 Å². The number of nitrogens with zero attached hydrogens (tertiary/aromatic N) is 1. The van der Waals surface area contributed by atoms with E-state index in [4.69, 9.17) is 4.74 Å². The molecule has 0 N–H and O–H groups in total. The Hall–Kier alpha value is -2.86. The third-order valence-electron chi connectivity index (χ3n) is 4.46. The van der Waals surface area contributed by atoms with E-state index in [0.717, 1.165) is 5.56 Å². The largest absolute Gasteiger partial charge is 0.462 e. The van der Waals surface area contributed by atoms with E-state index in [1.54, 1.807) is 43.5 Å². The van der Waals surface area contributed by atoms with Crippen LogP contribution in [0.15, 0.2) is 83.9 Å². The summed E-state index contributed by atoms with van der Waals surface area (Å²) < 4.78 is 32.3. The first-order chi connectivity index (χ1) is 13.5. The minimum absolute atomic E-state index is 0.136. The van der Waals surface area contributed by atoms with E-state index < -0.39 is 16.0 Å². The molecule has 0 fully saturated rings.